The summed E-state index contributed by atoms with van der Waals surface area (Å²) in [5.41, 5.74) is 1.73. The number of aliphatic imine (C=N–C) groups is 1. The summed E-state index contributed by atoms with van der Waals surface area (Å²) in [5, 5.41) is 6.47. The van der Waals surface area contributed by atoms with E-state index in [4.69, 9.17) is 0 Å². The summed E-state index contributed by atoms with van der Waals surface area (Å²) in [7, 11) is 1.72. The number of thioether (sulfide) groups is 1. The van der Waals surface area contributed by atoms with Crippen LogP contribution in [0, 0.1) is 0 Å². The Morgan fingerprint density at radius 1 is 1.12 bits per heavy atom. The Morgan fingerprint density at radius 2 is 1.80 bits per heavy atom. The quantitative estimate of drug-likeness (QED) is 0.372. The molecular formula is C17H26F3N3OS. The van der Waals surface area contributed by atoms with Crippen molar-refractivity contribution >= 4 is 17.7 Å². The number of halogens is 3. The van der Waals surface area contributed by atoms with Crippen molar-refractivity contribution in [1.82, 2.24) is 10.6 Å². The number of alkyl halides is 3. The average Bonchev–Trinajstić information content (AvgIpc) is 2.57. The van der Waals surface area contributed by atoms with Crippen molar-refractivity contribution in [2.45, 2.75) is 32.2 Å². The lowest BCUT2D eigenvalue weighted by molar-refractivity contribution is -0.176. The van der Waals surface area contributed by atoms with Crippen molar-refractivity contribution < 1.29 is 17.9 Å². The van der Waals surface area contributed by atoms with Crippen LogP contribution in [-0.4, -0.2) is 44.3 Å². The van der Waals surface area contributed by atoms with Gasteiger partial charge in [-0.25, -0.2) is 0 Å². The molecule has 4 nitrogen and oxygen atoms in total. The second-order valence-electron chi connectivity index (χ2n) is 5.48. The van der Waals surface area contributed by atoms with Crippen LogP contribution in [-0.2, 0) is 17.9 Å². The molecule has 1 aromatic rings. The molecule has 0 heterocycles. The molecule has 0 aliphatic carbocycles. The number of hydrogen-bond acceptors (Lipinski definition) is 3. The van der Waals surface area contributed by atoms with E-state index in [0.717, 1.165) is 30.2 Å². The summed E-state index contributed by atoms with van der Waals surface area (Å²) in [6, 6.07) is 7.27. The van der Waals surface area contributed by atoms with Crippen molar-refractivity contribution in [2.75, 3.05) is 32.2 Å². The molecule has 0 aliphatic heterocycles. The molecule has 0 aliphatic rings. The van der Waals surface area contributed by atoms with E-state index in [0.29, 0.717) is 12.1 Å². The Kier molecular flexibility index (Phi) is 10.4. The summed E-state index contributed by atoms with van der Waals surface area (Å²) in [4.78, 5) is 4.16. The van der Waals surface area contributed by atoms with Crippen molar-refractivity contribution in [1.29, 1.82) is 0 Å². The first-order valence-corrected chi connectivity index (χ1v) is 9.50. The predicted molar refractivity (Wildman–Crippen MR) is 98.0 cm³/mol. The van der Waals surface area contributed by atoms with Crippen LogP contribution >= 0.6 is 11.8 Å². The SMILES string of the molecule is CN=C(NCCCCSC)NCc1ccc(COCC(F)(F)F)cc1. The smallest absolute Gasteiger partial charge is 0.367 e. The fourth-order valence-electron chi connectivity index (χ4n) is 2.02. The van der Waals surface area contributed by atoms with Crippen LogP contribution in [0.25, 0.3) is 0 Å². The van der Waals surface area contributed by atoms with Gasteiger partial charge in [0.1, 0.15) is 6.61 Å². The molecule has 25 heavy (non-hydrogen) atoms. The van der Waals surface area contributed by atoms with Crippen molar-refractivity contribution in [2.24, 2.45) is 4.99 Å². The zero-order valence-corrected chi connectivity index (χ0v) is 15.5. The van der Waals surface area contributed by atoms with E-state index in [1.165, 1.54) is 6.42 Å². The van der Waals surface area contributed by atoms with Gasteiger partial charge >= 0.3 is 6.18 Å². The van der Waals surface area contributed by atoms with Crippen molar-refractivity contribution in [3.63, 3.8) is 0 Å². The van der Waals surface area contributed by atoms with Gasteiger partial charge in [-0.2, -0.15) is 24.9 Å². The van der Waals surface area contributed by atoms with E-state index in [2.05, 4.69) is 26.6 Å². The van der Waals surface area contributed by atoms with Gasteiger partial charge in [-0.3, -0.25) is 4.99 Å². The largest absolute Gasteiger partial charge is 0.411 e. The van der Waals surface area contributed by atoms with Gasteiger partial charge in [-0.1, -0.05) is 24.3 Å². The molecule has 0 spiro atoms. The third-order valence-electron chi connectivity index (χ3n) is 3.31. The molecule has 0 aromatic heterocycles. The predicted octanol–water partition coefficient (Wildman–Crippen LogP) is 3.57. The van der Waals surface area contributed by atoms with Gasteiger partial charge in [-0.05, 0) is 36.0 Å². The van der Waals surface area contributed by atoms with Gasteiger partial charge in [0.05, 0.1) is 6.61 Å². The Labute approximate surface area is 151 Å². The van der Waals surface area contributed by atoms with Gasteiger partial charge in [0.25, 0.3) is 0 Å². The maximum absolute atomic E-state index is 12.0. The van der Waals surface area contributed by atoms with Gasteiger partial charge in [0.2, 0.25) is 0 Å². The molecule has 0 atom stereocenters. The molecule has 0 amide bonds. The fraction of sp³-hybridized carbons (Fsp3) is 0.588. The van der Waals surface area contributed by atoms with E-state index >= 15 is 0 Å². The third-order valence-corrected chi connectivity index (χ3v) is 4.01. The highest BCUT2D eigenvalue weighted by molar-refractivity contribution is 7.98. The topological polar surface area (TPSA) is 45.7 Å². The summed E-state index contributed by atoms with van der Waals surface area (Å²) in [6.45, 7) is 0.186. The van der Waals surface area contributed by atoms with Crippen molar-refractivity contribution in [3.05, 3.63) is 35.4 Å². The molecule has 142 valence electrons. The van der Waals surface area contributed by atoms with E-state index in [1.54, 1.807) is 19.2 Å². The van der Waals surface area contributed by atoms with E-state index in [1.807, 2.05) is 23.9 Å². The highest BCUT2D eigenvalue weighted by atomic mass is 32.2. The number of hydrogen-bond donors (Lipinski definition) is 2. The van der Waals surface area contributed by atoms with Crippen LogP contribution < -0.4 is 10.6 Å². The first-order valence-electron chi connectivity index (χ1n) is 8.10. The van der Waals surface area contributed by atoms with Gasteiger partial charge in [-0.15, -0.1) is 0 Å². The summed E-state index contributed by atoms with van der Waals surface area (Å²) < 4.78 is 40.7. The number of ether oxygens (including phenoxy) is 1. The molecule has 1 rings (SSSR count). The normalized spacial score (nSPS) is 12.3. The number of rotatable bonds is 10. The minimum absolute atomic E-state index is 0.0491. The third kappa shape index (κ3) is 10.9. The highest BCUT2D eigenvalue weighted by Crippen LogP contribution is 2.15. The Bertz CT molecular complexity index is 507. The van der Waals surface area contributed by atoms with Crippen LogP contribution in [0.15, 0.2) is 29.3 Å². The molecule has 0 radical (unpaired) electrons. The Hall–Kier alpha value is -1.41. The van der Waals surface area contributed by atoms with Crippen LogP contribution in [0.2, 0.25) is 0 Å². The molecule has 2 N–H and O–H groups in total. The molecule has 0 saturated heterocycles. The van der Waals surface area contributed by atoms with Crippen molar-refractivity contribution in [3.8, 4) is 0 Å². The standard InChI is InChI=1S/C17H26F3N3OS/c1-21-16(22-9-3-4-10-25-2)23-11-14-5-7-15(8-6-14)12-24-13-17(18,19)20/h5-8H,3-4,9-13H2,1-2H3,(H2,21,22,23). The number of benzene rings is 1. The molecular weight excluding hydrogens is 351 g/mol. The lowest BCUT2D eigenvalue weighted by Gasteiger charge is -2.12. The molecule has 1 aromatic carbocycles. The maximum atomic E-state index is 12.0. The average molecular weight is 377 g/mol. The zero-order valence-electron chi connectivity index (χ0n) is 14.7. The number of nitrogens with zero attached hydrogens (tertiary/aromatic N) is 1. The molecule has 8 heteroatoms. The van der Waals surface area contributed by atoms with E-state index in [9.17, 15) is 13.2 Å². The lowest BCUT2D eigenvalue weighted by Crippen LogP contribution is -2.37. The second kappa shape index (κ2) is 12.0. The van der Waals surface area contributed by atoms with E-state index in [-0.39, 0.29) is 6.61 Å². The van der Waals surface area contributed by atoms with Gasteiger partial charge in [0.15, 0.2) is 5.96 Å². The van der Waals surface area contributed by atoms with E-state index < -0.39 is 12.8 Å². The monoisotopic (exact) mass is 377 g/mol. The molecule has 0 bridgehead atoms. The minimum atomic E-state index is -4.29. The Balaban J connectivity index is 2.29. The first kappa shape index (κ1) is 21.6. The van der Waals surface area contributed by atoms with Crippen LogP contribution in [0.1, 0.15) is 24.0 Å². The number of guanidine groups is 1. The summed E-state index contributed by atoms with van der Waals surface area (Å²) in [6.07, 6.45) is 0.0704. The lowest BCUT2D eigenvalue weighted by atomic mass is 10.1. The number of nitrogens with one attached hydrogen (secondary N) is 2. The molecule has 0 unspecified atom stereocenters. The fourth-order valence-corrected chi connectivity index (χ4v) is 2.52. The summed E-state index contributed by atoms with van der Waals surface area (Å²) in [5.74, 6) is 1.90. The minimum Gasteiger partial charge on any atom is -0.367 e. The maximum Gasteiger partial charge on any atom is 0.411 e. The van der Waals surface area contributed by atoms with Gasteiger partial charge in [0, 0.05) is 20.1 Å². The van der Waals surface area contributed by atoms with Gasteiger partial charge < -0.3 is 15.4 Å². The summed E-state index contributed by atoms with van der Waals surface area (Å²) >= 11 is 1.84. The zero-order chi connectivity index (χ0) is 18.5. The second-order valence-corrected chi connectivity index (χ2v) is 6.46. The van der Waals surface area contributed by atoms with Crippen LogP contribution in [0.5, 0.6) is 0 Å². The first-order chi connectivity index (χ1) is 11.9. The Morgan fingerprint density at radius 3 is 2.40 bits per heavy atom. The number of unbranched alkanes of at least 4 members (excludes halogenated alkanes) is 1. The highest BCUT2D eigenvalue weighted by Gasteiger charge is 2.27. The van der Waals surface area contributed by atoms with Crippen LogP contribution in [0.4, 0.5) is 13.2 Å². The molecule has 0 saturated carbocycles. The molecule has 0 fully saturated rings. The van der Waals surface area contributed by atoms with Crippen LogP contribution in [0.3, 0.4) is 0 Å².